The van der Waals surface area contributed by atoms with E-state index in [4.69, 9.17) is 87.1 Å². The number of halogens is 8. The zero-order chi connectivity index (χ0) is 74.4. The SMILES string of the molecule is CN=Cc1cc(OC)cc(C23CC4CC(CC(C4)C2)C3)c1O.CN=Cc1cc(OC)cc(C23CC4CC(CC(C4)C2)C3)c1O.CN=Cc1cc(OC)cc(C23CC4CC(CC(C4)C2)C3)c1O.COc1cc(C=NCC(C)C)c(O)c(C23CC4CC(CC(C4)C2)C3)c1.[Cl][Zr][Cl].[Cl][Zr][Cl].[Cl][Zr][Cl].[Cl][Zr][Cl]. The fourth-order valence-electron chi connectivity index (χ4n) is 23.5. The van der Waals surface area contributed by atoms with E-state index < -0.39 is 83.4 Å². The molecule has 0 spiro atoms. The predicted octanol–water partition coefficient (Wildman–Crippen LogP) is 22.2. The van der Waals surface area contributed by atoms with Crippen molar-refractivity contribution in [2.24, 2.45) is 96.9 Å². The summed E-state index contributed by atoms with van der Waals surface area (Å²) in [6, 6.07) is 15.9. The summed E-state index contributed by atoms with van der Waals surface area (Å²) in [6.45, 7) is 5.09. The molecule has 16 saturated carbocycles. The summed E-state index contributed by atoms with van der Waals surface area (Å²) < 4.78 is 22.0. The van der Waals surface area contributed by atoms with E-state index in [0.717, 1.165) is 145 Å². The van der Waals surface area contributed by atoms with E-state index in [-0.39, 0.29) is 21.7 Å². The summed E-state index contributed by atoms with van der Waals surface area (Å²) in [4.78, 5) is 16.8. The Balaban J connectivity index is 0.000000152. The molecule has 24 heteroatoms. The first kappa shape index (κ1) is 86.8. The molecule has 0 aliphatic heterocycles. The van der Waals surface area contributed by atoms with Crippen LogP contribution in [0.5, 0.6) is 46.0 Å². The van der Waals surface area contributed by atoms with Crippen molar-refractivity contribution in [3.63, 3.8) is 0 Å². The minimum atomic E-state index is -0.826. The molecule has 0 amide bonds. The number of ether oxygens (including phenoxy) is 4. The molecule has 20 rings (SSSR count). The van der Waals surface area contributed by atoms with Crippen LogP contribution in [0.2, 0.25) is 0 Å². The molecule has 16 fully saturated rings. The molecule has 0 heterocycles. The monoisotopic (exact) mass is 1880 g/mol. The minimum absolute atomic E-state index is 0.161. The average Bonchev–Trinajstić information content (AvgIpc) is 0.750. The van der Waals surface area contributed by atoms with Gasteiger partial charge in [0.15, 0.2) is 0 Å². The van der Waals surface area contributed by atoms with Crippen molar-refractivity contribution in [3.05, 3.63) is 93.0 Å². The number of aliphatic imine (C=N–C) groups is 4. The molecular formula is C79H106Cl8N4O8Zr4. The van der Waals surface area contributed by atoms with Crippen LogP contribution in [0, 0.1) is 76.9 Å². The summed E-state index contributed by atoms with van der Waals surface area (Å²) in [5.41, 5.74) is 8.29. The Bertz CT molecular complexity index is 3160. The van der Waals surface area contributed by atoms with Crippen molar-refractivity contribution in [1.82, 2.24) is 0 Å². The predicted molar refractivity (Wildman–Crippen MR) is 413 cm³/mol. The third-order valence-corrected chi connectivity index (χ3v) is 25.3. The number of methoxy groups -OCH3 is 4. The van der Waals surface area contributed by atoms with Crippen LogP contribution in [0.25, 0.3) is 0 Å². The van der Waals surface area contributed by atoms with Crippen LogP contribution < -0.4 is 18.9 Å². The summed E-state index contributed by atoms with van der Waals surface area (Å²) in [5.74, 6) is 15.9. The quantitative estimate of drug-likeness (QED) is 0.0905. The van der Waals surface area contributed by atoms with E-state index in [2.05, 4.69) is 58.1 Å². The third kappa shape index (κ3) is 21.2. The van der Waals surface area contributed by atoms with Crippen molar-refractivity contribution in [1.29, 1.82) is 0 Å². The van der Waals surface area contributed by atoms with Gasteiger partial charge in [-0.05, 0) is 301 Å². The number of hydrogen-bond donors (Lipinski definition) is 4. The zero-order valence-corrected chi connectivity index (χ0v) is 77.2. The summed E-state index contributed by atoms with van der Waals surface area (Å²) in [7, 11) is 51.5. The Kier molecular flexibility index (Phi) is 34.1. The van der Waals surface area contributed by atoms with Gasteiger partial charge in [0.05, 0.1) is 28.4 Å². The van der Waals surface area contributed by atoms with Crippen molar-refractivity contribution < 1.29 is 123 Å². The number of phenolic OH excluding ortho intramolecular Hbond substituents is 4. The number of rotatable bonds is 14. The van der Waals surface area contributed by atoms with Crippen molar-refractivity contribution in [2.45, 2.75) is 190 Å². The Hall–Kier alpha value is -0.188. The molecule has 12 nitrogen and oxygen atoms in total. The van der Waals surface area contributed by atoms with Crippen LogP contribution >= 0.6 is 68.1 Å². The van der Waals surface area contributed by atoms with Gasteiger partial charge in [-0.1, -0.05) is 13.8 Å². The third-order valence-electron chi connectivity index (χ3n) is 25.3. The van der Waals surface area contributed by atoms with Crippen LogP contribution in [-0.2, 0) is 105 Å². The van der Waals surface area contributed by atoms with Gasteiger partial charge in [-0.25, -0.2) is 0 Å². The Morgan fingerprint density at radius 2 is 0.505 bits per heavy atom. The number of hydrogen-bond acceptors (Lipinski definition) is 12. The maximum absolute atomic E-state index is 11.1. The molecule has 562 valence electrons. The number of benzene rings is 4. The van der Waals surface area contributed by atoms with Crippen LogP contribution in [-0.4, -0.2) is 101 Å². The molecule has 4 aromatic rings. The normalized spacial score (nSPS) is 31.9. The second kappa shape index (κ2) is 40.5. The van der Waals surface area contributed by atoms with Gasteiger partial charge in [-0.2, -0.15) is 0 Å². The van der Waals surface area contributed by atoms with Crippen molar-refractivity contribution >= 4 is 93.0 Å². The molecule has 0 saturated heterocycles. The van der Waals surface area contributed by atoms with Crippen molar-refractivity contribution in [2.75, 3.05) is 56.1 Å². The average molecular weight is 1890 g/mol. The van der Waals surface area contributed by atoms with Gasteiger partial charge in [0, 0.05) is 97.1 Å². The van der Waals surface area contributed by atoms with Crippen LogP contribution in [0.1, 0.15) is 212 Å². The number of phenols is 4. The molecular weight excluding hydrogens is 1780 g/mol. The summed E-state index contributed by atoms with van der Waals surface area (Å²) in [6.07, 6.45) is 38.8. The topological polar surface area (TPSA) is 167 Å². The molecule has 4 N–H and O–H groups in total. The molecule has 16 aliphatic carbocycles. The Labute approximate surface area is 688 Å². The first-order valence-electron chi connectivity index (χ1n) is 36.8. The van der Waals surface area contributed by atoms with E-state index in [1.807, 2.05) is 30.5 Å². The van der Waals surface area contributed by atoms with E-state index in [0.29, 0.717) is 28.9 Å². The van der Waals surface area contributed by atoms with E-state index in [9.17, 15) is 20.4 Å². The van der Waals surface area contributed by atoms with Gasteiger partial charge >= 0.3 is 151 Å². The van der Waals surface area contributed by atoms with Gasteiger partial charge in [0.2, 0.25) is 0 Å². The van der Waals surface area contributed by atoms with Gasteiger partial charge in [-0.3, -0.25) is 20.0 Å². The fourth-order valence-corrected chi connectivity index (χ4v) is 23.5. The number of nitrogens with zero attached hydrogens (tertiary/aromatic N) is 4. The molecule has 16 aliphatic rings. The fraction of sp³-hybridized carbons (Fsp3) is 0.646. The Morgan fingerprint density at radius 1 is 0.340 bits per heavy atom. The molecule has 103 heavy (non-hydrogen) atoms. The first-order valence-corrected chi connectivity index (χ1v) is 62.1. The standard InChI is InChI=1S/C22H31NO2.3C19H25NO2.8ClH.4Zr/c1-14(2)12-23-13-18-7-19(25-3)8-20(21(18)24)22-9-15-4-16(10-22)6-17(5-15)11-22;3*1-20-11-15-6-16(22-2)7-17(18(15)21)19-8-12-3-13(9-19)5-14(4-12)10-19;;;;;;;;;;;;/h7-8,13-17,24H,4-6,9-12H2,1-3H3;3*6-7,11-14,21H,3-5,8-10H2,1-2H3;8*1H;;;;/q;;;;;;;;;;;;4*+2/p-8. The van der Waals surface area contributed by atoms with Gasteiger partial charge in [-0.15, -0.1) is 0 Å². The second-order valence-electron chi connectivity index (χ2n) is 32.6. The molecule has 16 bridgehead atoms. The van der Waals surface area contributed by atoms with Gasteiger partial charge in [0.1, 0.15) is 46.0 Å². The zero-order valence-electron chi connectivity index (χ0n) is 61.3. The molecule has 0 radical (unpaired) electrons. The van der Waals surface area contributed by atoms with Crippen LogP contribution in [0.3, 0.4) is 0 Å². The second-order valence-corrected chi connectivity index (χ2v) is 47.5. The molecule has 0 atom stereocenters. The van der Waals surface area contributed by atoms with E-state index >= 15 is 0 Å². The van der Waals surface area contributed by atoms with Crippen molar-refractivity contribution in [3.8, 4) is 46.0 Å². The van der Waals surface area contributed by atoms with E-state index in [1.165, 1.54) is 154 Å². The van der Waals surface area contributed by atoms with Crippen LogP contribution in [0.15, 0.2) is 68.5 Å². The maximum atomic E-state index is 11.1. The Morgan fingerprint density at radius 3 is 0.650 bits per heavy atom. The molecule has 0 aromatic heterocycles. The first-order chi connectivity index (χ1) is 49.5. The van der Waals surface area contributed by atoms with Gasteiger partial charge < -0.3 is 39.4 Å². The van der Waals surface area contributed by atoms with Crippen LogP contribution in [0.4, 0.5) is 0 Å². The number of aromatic hydroxyl groups is 4. The molecule has 4 aromatic carbocycles. The van der Waals surface area contributed by atoms with E-state index in [1.54, 1.807) is 68.2 Å². The van der Waals surface area contributed by atoms with Gasteiger partial charge in [0.25, 0.3) is 0 Å². The molecule has 0 unspecified atom stereocenters. The summed E-state index contributed by atoms with van der Waals surface area (Å²) in [5, 5.41) is 43.6. The summed E-state index contributed by atoms with van der Waals surface area (Å²) >= 11 is -3.30.